The van der Waals surface area contributed by atoms with Crippen molar-refractivity contribution in [2.75, 3.05) is 38.9 Å². The van der Waals surface area contributed by atoms with Crippen molar-refractivity contribution in [3.8, 4) is 17.6 Å². The van der Waals surface area contributed by atoms with E-state index in [0.717, 1.165) is 16.7 Å². The Hall–Kier alpha value is -5.75. The van der Waals surface area contributed by atoms with Gasteiger partial charge in [-0.2, -0.15) is 5.26 Å². The highest BCUT2D eigenvalue weighted by atomic mass is 32.2. The van der Waals surface area contributed by atoms with Gasteiger partial charge in [0.15, 0.2) is 9.84 Å². The molecule has 2 N–H and O–H groups in total. The van der Waals surface area contributed by atoms with E-state index in [0.29, 0.717) is 11.5 Å². The van der Waals surface area contributed by atoms with Gasteiger partial charge in [0, 0.05) is 47.9 Å². The number of hydrogen-bond donors (Lipinski definition) is 2. The van der Waals surface area contributed by atoms with Gasteiger partial charge in [-0.1, -0.05) is 54.6 Å². The van der Waals surface area contributed by atoms with E-state index in [-0.39, 0.29) is 73.6 Å². The van der Waals surface area contributed by atoms with Crippen molar-refractivity contribution >= 4 is 18.4 Å². The molecule has 0 aliphatic carbocycles. The summed E-state index contributed by atoms with van der Waals surface area (Å²) in [6, 6.07) is 26.6. The Morgan fingerprint density at radius 1 is 0.767 bits per heavy atom. The third kappa shape index (κ3) is 12.8. The molecule has 0 saturated carbocycles. The highest BCUT2D eigenvalue weighted by Crippen LogP contribution is 2.50. The largest absolute Gasteiger partial charge is 0.497 e. The molecule has 5 aromatic rings. The molecule has 0 radical (unpaired) electrons. The smallest absolute Gasteiger partial charge is 0.330 e. The molecule has 2 aliphatic heterocycles. The monoisotopic (exact) mass is 1040 g/mol. The van der Waals surface area contributed by atoms with Crippen LogP contribution >= 0.6 is 8.53 Å². The van der Waals surface area contributed by atoms with Crippen LogP contribution in [0.2, 0.25) is 0 Å². The number of nitrogens with one attached hydrogen (secondary N) is 2. The second-order valence-electron chi connectivity index (χ2n) is 18.9. The summed E-state index contributed by atoms with van der Waals surface area (Å²) < 4.78 is 78.3. The fourth-order valence-electron chi connectivity index (χ4n) is 9.55. The van der Waals surface area contributed by atoms with Crippen molar-refractivity contribution in [3.63, 3.8) is 0 Å². The molecule has 2 fully saturated rings. The Bertz CT molecular complexity index is 2990. The summed E-state index contributed by atoms with van der Waals surface area (Å²) >= 11 is 0. The lowest BCUT2D eigenvalue weighted by Crippen LogP contribution is -2.38. The van der Waals surface area contributed by atoms with Gasteiger partial charge in [-0.15, -0.1) is 0 Å². The Kier molecular flexibility index (Phi) is 18.1. The van der Waals surface area contributed by atoms with Gasteiger partial charge < -0.3 is 32.7 Å². The second-order valence-corrected chi connectivity index (χ2v) is 22.5. The highest BCUT2D eigenvalue weighted by Gasteiger charge is 2.46. The predicted molar refractivity (Wildman–Crippen MR) is 274 cm³/mol. The van der Waals surface area contributed by atoms with Crippen LogP contribution < -0.4 is 32.0 Å². The average Bonchev–Trinajstić information content (AvgIpc) is 3.96. The molecule has 0 bridgehead atoms. The van der Waals surface area contributed by atoms with E-state index in [1.807, 2.05) is 111 Å². The molecule has 2 saturated heterocycles. The number of rotatable bonds is 23. The Labute approximate surface area is 425 Å². The van der Waals surface area contributed by atoms with Crippen LogP contribution in [0.4, 0.5) is 0 Å². The summed E-state index contributed by atoms with van der Waals surface area (Å²) in [6.07, 6.45) is -1.33. The number of ether oxygens (including phenoxy) is 5. The first-order valence-corrected chi connectivity index (χ1v) is 27.2. The summed E-state index contributed by atoms with van der Waals surface area (Å²) in [7, 11) is -2.63. The molecule has 4 heterocycles. The van der Waals surface area contributed by atoms with Crippen LogP contribution in [0.1, 0.15) is 93.7 Å². The molecule has 2 aliphatic rings. The van der Waals surface area contributed by atoms with Crippen molar-refractivity contribution < 1.29 is 41.1 Å². The van der Waals surface area contributed by atoms with Crippen molar-refractivity contribution in [2.45, 2.75) is 116 Å². The lowest BCUT2D eigenvalue weighted by atomic mass is 9.80. The van der Waals surface area contributed by atoms with Crippen molar-refractivity contribution in [2.24, 2.45) is 5.92 Å². The molecule has 0 amide bonds. The second kappa shape index (κ2) is 24.1. The first-order valence-electron chi connectivity index (χ1n) is 24.3. The standard InChI is InChI=1S/C52H65N6O13PS/c1-33(2)58(34(3)4)72(68-25-12-24-53)71-44-28-47(57-30-36(6)49(60)55-51(57)62)69-43(44)23-26-73(63,64)32-37-27-46(56-29-35(5)48(59)54-50(56)61)70-45(37)31-67-52(38-13-10-9-11-14-38,39-15-19-41(65-7)20-16-39)40-17-21-42(66-8)22-18-40/h9-11,13-22,29-30,33-34,37,43-47H,12,23,25-28,31-32H2,1-8H3,(H,54,59,61)(H,55,60,62)/t37-,43-,44+,45-,46-,47-,72?/m1/s1. The first-order chi connectivity index (χ1) is 34.9. The van der Waals surface area contributed by atoms with Crippen molar-refractivity contribution in [3.05, 3.63) is 161 Å². The van der Waals surface area contributed by atoms with Crippen LogP contribution in [0.3, 0.4) is 0 Å². The number of hydrogen-bond acceptors (Lipinski definition) is 15. The number of aromatic amines is 2. The van der Waals surface area contributed by atoms with Gasteiger partial charge in [-0.25, -0.2) is 22.7 Å². The van der Waals surface area contributed by atoms with Gasteiger partial charge in [-0.05, 0) is 95.3 Å². The van der Waals surface area contributed by atoms with E-state index in [1.54, 1.807) is 28.1 Å². The Morgan fingerprint density at radius 3 is 1.78 bits per heavy atom. The van der Waals surface area contributed by atoms with E-state index in [4.69, 9.17) is 32.7 Å². The third-order valence-electron chi connectivity index (χ3n) is 13.2. The van der Waals surface area contributed by atoms with Gasteiger partial charge >= 0.3 is 11.4 Å². The molecule has 21 heteroatoms. The zero-order valence-electron chi connectivity index (χ0n) is 42.4. The molecule has 7 rings (SSSR count). The number of aromatic nitrogens is 4. The molecule has 392 valence electrons. The van der Waals surface area contributed by atoms with Gasteiger partial charge in [0.1, 0.15) is 29.6 Å². The van der Waals surface area contributed by atoms with E-state index in [1.165, 1.54) is 21.5 Å². The maximum atomic E-state index is 14.7. The summed E-state index contributed by atoms with van der Waals surface area (Å²) in [6.45, 7) is 11.1. The van der Waals surface area contributed by atoms with Crippen LogP contribution in [0, 0.1) is 31.1 Å². The topological polar surface area (TPSA) is 235 Å². The van der Waals surface area contributed by atoms with Crippen LogP contribution in [-0.4, -0.2) is 102 Å². The number of aryl methyl sites for hydroxylation is 2. The number of benzene rings is 3. The number of H-pyrrole nitrogens is 2. The lowest BCUT2D eigenvalue weighted by Gasteiger charge is -2.37. The summed E-state index contributed by atoms with van der Waals surface area (Å²) in [4.78, 5) is 56.0. The van der Waals surface area contributed by atoms with Gasteiger partial charge in [0.05, 0.1) is 69.7 Å². The van der Waals surface area contributed by atoms with Crippen LogP contribution in [0.25, 0.3) is 0 Å². The third-order valence-corrected chi connectivity index (χ3v) is 17.1. The SMILES string of the molecule is COc1ccc(C(OC[C@H]2O[C@@H](n3cc(C)c(=O)[nH]c3=O)C[C@@H]2CS(=O)(=O)CC[C@H]2O[C@@H](n3cc(C)c(=O)[nH]c3=O)C[C@@H]2OP(OCCC#N)N(C(C)C)C(C)C)(c2ccccc2)c2ccc(OC)cc2)cc1. The Balaban J connectivity index is 1.22. The molecular weight excluding hydrogens is 980 g/mol. The number of nitrogens with zero attached hydrogens (tertiary/aromatic N) is 4. The molecule has 3 aromatic carbocycles. The van der Waals surface area contributed by atoms with Crippen molar-refractivity contribution in [1.29, 1.82) is 5.26 Å². The maximum Gasteiger partial charge on any atom is 0.330 e. The average molecular weight is 1050 g/mol. The minimum atomic E-state index is -3.99. The van der Waals surface area contributed by atoms with E-state index >= 15 is 0 Å². The number of sulfone groups is 1. The number of nitriles is 1. The normalized spacial score (nSPS) is 20.7. The summed E-state index contributed by atoms with van der Waals surface area (Å²) in [5.41, 5.74) is -0.973. The molecule has 0 spiro atoms. The van der Waals surface area contributed by atoms with Crippen LogP contribution in [0.5, 0.6) is 11.5 Å². The summed E-state index contributed by atoms with van der Waals surface area (Å²) in [5, 5.41) is 9.34. The highest BCUT2D eigenvalue weighted by molar-refractivity contribution is 7.91. The maximum absolute atomic E-state index is 14.7. The van der Waals surface area contributed by atoms with E-state index in [9.17, 15) is 32.9 Å². The van der Waals surface area contributed by atoms with Crippen LogP contribution in [-0.2, 0) is 38.7 Å². The zero-order chi connectivity index (χ0) is 52.6. The molecule has 19 nitrogen and oxygen atoms in total. The molecule has 2 aromatic heterocycles. The molecule has 1 unspecified atom stereocenters. The van der Waals surface area contributed by atoms with E-state index in [2.05, 4.69) is 16.0 Å². The molecular formula is C52H65N6O13PS. The van der Waals surface area contributed by atoms with Crippen molar-refractivity contribution in [1.82, 2.24) is 23.8 Å². The fraction of sp³-hybridized carbons (Fsp3) is 0.481. The minimum Gasteiger partial charge on any atom is -0.497 e. The molecule has 7 atom stereocenters. The van der Waals surface area contributed by atoms with Crippen LogP contribution in [0.15, 0.2) is 110 Å². The zero-order valence-corrected chi connectivity index (χ0v) is 44.1. The number of methoxy groups -OCH3 is 2. The van der Waals surface area contributed by atoms with Gasteiger partial charge in [0.25, 0.3) is 19.6 Å². The molecule has 73 heavy (non-hydrogen) atoms. The predicted octanol–water partition coefficient (Wildman–Crippen LogP) is 6.39. The first kappa shape index (κ1) is 55.0. The quantitative estimate of drug-likeness (QED) is 0.0410. The van der Waals surface area contributed by atoms with Gasteiger partial charge in [-0.3, -0.25) is 28.7 Å². The Morgan fingerprint density at radius 2 is 1.27 bits per heavy atom. The summed E-state index contributed by atoms with van der Waals surface area (Å²) in [5.74, 6) is -0.217. The fourth-order valence-corrected chi connectivity index (χ4v) is 13.1. The minimum absolute atomic E-state index is 0.0369. The van der Waals surface area contributed by atoms with Gasteiger partial charge in [0.2, 0.25) is 0 Å². The lowest BCUT2D eigenvalue weighted by molar-refractivity contribution is -0.0835. The van der Waals surface area contributed by atoms with E-state index < -0.39 is 83.1 Å².